The Labute approximate surface area is 126 Å². The molecule has 2 rings (SSSR count). The van der Waals surface area contributed by atoms with Gasteiger partial charge in [0.05, 0.1) is 4.92 Å². The summed E-state index contributed by atoms with van der Waals surface area (Å²) in [4.78, 5) is 36.1. The number of nitrogens with one attached hydrogen (secondary N) is 1. The summed E-state index contributed by atoms with van der Waals surface area (Å²) < 4.78 is 0. The average Bonchev–Trinajstić information content (AvgIpc) is 2.94. The van der Waals surface area contributed by atoms with Gasteiger partial charge in [0, 0.05) is 24.7 Å². The van der Waals surface area contributed by atoms with Crippen molar-refractivity contribution in [3.05, 3.63) is 38.9 Å². The molecule has 2 amide bonds. The Balaban J connectivity index is 2.37. The number of likely N-dealkylation sites (N-methyl/N-ethyl adjacent to an activating group) is 1. The van der Waals surface area contributed by atoms with Gasteiger partial charge in [0.25, 0.3) is 11.6 Å². The third-order valence-corrected chi connectivity index (χ3v) is 3.68. The van der Waals surface area contributed by atoms with Gasteiger partial charge in [0.15, 0.2) is 0 Å². The molecule has 1 aliphatic heterocycles. The molecular formula is C13H14ClN3O4. The number of rotatable bonds is 3. The molecule has 0 aliphatic carbocycles. The van der Waals surface area contributed by atoms with Gasteiger partial charge in [0.2, 0.25) is 5.91 Å². The zero-order valence-electron chi connectivity index (χ0n) is 11.3. The fourth-order valence-electron chi connectivity index (χ4n) is 2.44. The van der Waals surface area contributed by atoms with Crippen molar-refractivity contribution in [2.45, 2.75) is 18.9 Å². The van der Waals surface area contributed by atoms with E-state index in [2.05, 4.69) is 5.32 Å². The number of nitro groups is 1. The SMILES string of the molecule is CNC(=O)C1CCCN1C(=O)c1cc(Cl)ccc1[N+](=O)[O-]. The first kappa shape index (κ1) is 15.2. The van der Waals surface area contributed by atoms with Crippen LogP contribution in [-0.2, 0) is 4.79 Å². The highest BCUT2D eigenvalue weighted by Gasteiger charge is 2.36. The number of nitrogens with zero attached hydrogens (tertiary/aromatic N) is 2. The number of hydrogen-bond donors (Lipinski definition) is 1. The molecule has 1 heterocycles. The third kappa shape index (κ3) is 2.97. The van der Waals surface area contributed by atoms with Crippen LogP contribution in [0.15, 0.2) is 18.2 Å². The van der Waals surface area contributed by atoms with Gasteiger partial charge < -0.3 is 10.2 Å². The van der Waals surface area contributed by atoms with Crippen LogP contribution in [0, 0.1) is 10.1 Å². The van der Waals surface area contributed by atoms with Gasteiger partial charge >= 0.3 is 0 Å². The number of carbonyl (C=O) groups excluding carboxylic acids is 2. The summed E-state index contributed by atoms with van der Waals surface area (Å²) in [5, 5.41) is 13.8. The second-order valence-electron chi connectivity index (χ2n) is 4.69. The topological polar surface area (TPSA) is 92.6 Å². The lowest BCUT2D eigenvalue weighted by atomic mass is 10.1. The van der Waals surface area contributed by atoms with Gasteiger partial charge in [-0.25, -0.2) is 0 Å². The molecular weight excluding hydrogens is 298 g/mol. The van der Waals surface area contributed by atoms with E-state index in [0.29, 0.717) is 19.4 Å². The number of halogens is 1. The van der Waals surface area contributed by atoms with Crippen LogP contribution < -0.4 is 5.32 Å². The standard InChI is InChI=1S/C13H14ClN3O4/c1-15-12(18)11-3-2-6-16(11)13(19)9-7-8(14)4-5-10(9)17(20)21/h4-5,7,11H,2-3,6H2,1H3,(H,15,18). The predicted molar refractivity (Wildman–Crippen MR) is 76.2 cm³/mol. The highest BCUT2D eigenvalue weighted by atomic mass is 35.5. The molecule has 1 fully saturated rings. The molecule has 1 atom stereocenters. The molecule has 1 unspecified atom stereocenters. The van der Waals surface area contributed by atoms with E-state index in [0.717, 1.165) is 0 Å². The third-order valence-electron chi connectivity index (χ3n) is 3.45. The number of nitro benzene ring substituents is 1. The van der Waals surface area contributed by atoms with Crippen molar-refractivity contribution in [2.24, 2.45) is 0 Å². The summed E-state index contributed by atoms with van der Waals surface area (Å²) in [6.45, 7) is 0.389. The molecule has 1 N–H and O–H groups in total. The van der Waals surface area contributed by atoms with E-state index in [1.54, 1.807) is 0 Å². The smallest absolute Gasteiger partial charge is 0.282 e. The maximum absolute atomic E-state index is 12.5. The Morgan fingerprint density at radius 1 is 1.48 bits per heavy atom. The van der Waals surface area contributed by atoms with Crippen LogP contribution in [-0.4, -0.2) is 41.3 Å². The number of likely N-dealkylation sites (tertiary alicyclic amines) is 1. The van der Waals surface area contributed by atoms with Gasteiger partial charge in [-0.05, 0) is 25.0 Å². The molecule has 1 aliphatic rings. The van der Waals surface area contributed by atoms with Gasteiger partial charge in [-0.15, -0.1) is 0 Å². The van der Waals surface area contributed by atoms with E-state index >= 15 is 0 Å². The normalized spacial score (nSPS) is 17.6. The lowest BCUT2D eigenvalue weighted by Crippen LogP contribution is -2.45. The number of hydrogen-bond acceptors (Lipinski definition) is 4. The summed E-state index contributed by atoms with van der Waals surface area (Å²) in [6, 6.07) is 3.22. The number of carbonyl (C=O) groups is 2. The molecule has 1 saturated heterocycles. The summed E-state index contributed by atoms with van der Waals surface area (Å²) in [5.41, 5.74) is -0.407. The Morgan fingerprint density at radius 2 is 2.19 bits per heavy atom. The first-order valence-corrected chi connectivity index (χ1v) is 6.80. The van der Waals surface area contributed by atoms with Crippen molar-refractivity contribution < 1.29 is 14.5 Å². The lowest BCUT2D eigenvalue weighted by Gasteiger charge is -2.23. The molecule has 0 aromatic heterocycles. The monoisotopic (exact) mass is 311 g/mol. The zero-order valence-corrected chi connectivity index (χ0v) is 12.1. The van der Waals surface area contributed by atoms with Crippen LogP contribution in [0.3, 0.4) is 0 Å². The van der Waals surface area contributed by atoms with E-state index in [4.69, 9.17) is 11.6 Å². The second kappa shape index (κ2) is 6.09. The summed E-state index contributed by atoms with van der Waals surface area (Å²) in [6.07, 6.45) is 1.22. The largest absolute Gasteiger partial charge is 0.357 e. The fourth-order valence-corrected chi connectivity index (χ4v) is 2.61. The Bertz CT molecular complexity index is 605. The zero-order chi connectivity index (χ0) is 15.6. The molecule has 21 heavy (non-hydrogen) atoms. The maximum Gasteiger partial charge on any atom is 0.282 e. The molecule has 0 bridgehead atoms. The molecule has 0 spiro atoms. The minimum atomic E-state index is -0.630. The molecule has 112 valence electrons. The first-order chi connectivity index (χ1) is 9.95. The van der Waals surface area contributed by atoms with Crippen molar-refractivity contribution >= 4 is 29.1 Å². The van der Waals surface area contributed by atoms with E-state index in [1.165, 1.54) is 30.1 Å². The van der Waals surface area contributed by atoms with Gasteiger partial charge in [-0.3, -0.25) is 19.7 Å². The van der Waals surface area contributed by atoms with E-state index in [9.17, 15) is 19.7 Å². The molecule has 8 heteroatoms. The summed E-state index contributed by atoms with van der Waals surface area (Å²) in [7, 11) is 1.49. The average molecular weight is 312 g/mol. The maximum atomic E-state index is 12.5. The van der Waals surface area contributed by atoms with Gasteiger partial charge in [-0.2, -0.15) is 0 Å². The van der Waals surface area contributed by atoms with Crippen LogP contribution in [0.4, 0.5) is 5.69 Å². The van der Waals surface area contributed by atoms with Crippen LogP contribution in [0.2, 0.25) is 5.02 Å². The molecule has 0 saturated carbocycles. The van der Waals surface area contributed by atoms with Gasteiger partial charge in [-0.1, -0.05) is 11.6 Å². The van der Waals surface area contributed by atoms with Crippen LogP contribution in [0.5, 0.6) is 0 Å². The van der Waals surface area contributed by atoms with Gasteiger partial charge in [0.1, 0.15) is 11.6 Å². The Hall–Kier alpha value is -2.15. The van der Waals surface area contributed by atoms with Crippen LogP contribution in [0.25, 0.3) is 0 Å². The molecule has 0 radical (unpaired) electrons. The lowest BCUT2D eigenvalue weighted by molar-refractivity contribution is -0.385. The van der Waals surface area contributed by atoms with Crippen molar-refractivity contribution in [3.63, 3.8) is 0 Å². The minimum absolute atomic E-state index is 0.0942. The number of benzene rings is 1. The molecule has 1 aromatic rings. The van der Waals surface area contributed by atoms with Crippen molar-refractivity contribution in [2.75, 3.05) is 13.6 Å². The van der Waals surface area contributed by atoms with E-state index < -0.39 is 16.9 Å². The minimum Gasteiger partial charge on any atom is -0.357 e. The van der Waals surface area contributed by atoms with E-state index in [-0.39, 0.29) is 22.2 Å². The highest BCUT2D eigenvalue weighted by molar-refractivity contribution is 6.31. The summed E-state index contributed by atoms with van der Waals surface area (Å²) >= 11 is 5.83. The van der Waals surface area contributed by atoms with E-state index in [1.807, 2.05) is 0 Å². The van der Waals surface area contributed by atoms with Crippen LogP contribution >= 0.6 is 11.6 Å². The van der Waals surface area contributed by atoms with Crippen LogP contribution in [0.1, 0.15) is 23.2 Å². The first-order valence-electron chi connectivity index (χ1n) is 6.42. The predicted octanol–water partition coefficient (Wildman–Crippen LogP) is 1.60. The Morgan fingerprint density at radius 3 is 2.81 bits per heavy atom. The van der Waals surface area contributed by atoms with Crippen molar-refractivity contribution in [1.82, 2.24) is 10.2 Å². The quantitative estimate of drug-likeness (QED) is 0.678. The number of amides is 2. The van der Waals surface area contributed by atoms with Crippen molar-refractivity contribution in [1.29, 1.82) is 0 Å². The second-order valence-corrected chi connectivity index (χ2v) is 5.13. The Kier molecular flexibility index (Phi) is 4.42. The van der Waals surface area contributed by atoms with Crippen molar-refractivity contribution in [3.8, 4) is 0 Å². The summed E-state index contributed by atoms with van der Waals surface area (Å²) in [5.74, 6) is -0.819. The molecule has 7 nitrogen and oxygen atoms in total. The molecule has 1 aromatic carbocycles. The highest BCUT2D eigenvalue weighted by Crippen LogP contribution is 2.27. The fraction of sp³-hybridized carbons (Fsp3) is 0.385.